The number of aromatic nitrogens is 1. The van der Waals surface area contributed by atoms with Gasteiger partial charge in [-0.1, -0.05) is 48.5 Å². The molecule has 0 aliphatic carbocycles. The van der Waals surface area contributed by atoms with E-state index in [0.29, 0.717) is 0 Å². The van der Waals surface area contributed by atoms with E-state index in [9.17, 15) is 0 Å². The van der Waals surface area contributed by atoms with Crippen molar-refractivity contribution in [2.24, 2.45) is 0 Å². The van der Waals surface area contributed by atoms with Gasteiger partial charge in [-0.15, -0.1) is 0 Å². The Kier molecular flexibility index (Phi) is 3.79. The zero-order valence-electron chi connectivity index (χ0n) is 11.6. The van der Waals surface area contributed by atoms with Gasteiger partial charge in [0.15, 0.2) is 0 Å². The molecule has 0 aliphatic rings. The van der Waals surface area contributed by atoms with Gasteiger partial charge in [-0.25, -0.2) is 0 Å². The average molecular weight is 272 g/mol. The number of benzene rings is 2. The van der Waals surface area contributed by atoms with Crippen LogP contribution in [0.2, 0.25) is 0 Å². The molecule has 1 heterocycles. The van der Waals surface area contributed by atoms with Crippen molar-refractivity contribution in [3.63, 3.8) is 0 Å². The Bertz CT molecular complexity index is 730. The Labute approximate surface area is 124 Å². The zero-order valence-corrected chi connectivity index (χ0v) is 11.6. The van der Waals surface area contributed by atoms with Crippen molar-refractivity contribution in [2.45, 2.75) is 0 Å². The lowest BCUT2D eigenvalue weighted by Crippen LogP contribution is -1.92. The van der Waals surface area contributed by atoms with Crippen LogP contribution in [0, 0.1) is 0 Å². The highest BCUT2D eigenvalue weighted by Gasteiger charge is 2.06. The van der Waals surface area contributed by atoms with Crippen LogP contribution in [0.3, 0.4) is 0 Å². The molecule has 3 rings (SSSR count). The molecule has 0 saturated heterocycles. The van der Waals surface area contributed by atoms with E-state index in [2.05, 4.69) is 23.2 Å². The highest BCUT2D eigenvalue weighted by molar-refractivity contribution is 5.90. The second-order valence-corrected chi connectivity index (χ2v) is 4.81. The van der Waals surface area contributed by atoms with Crippen molar-refractivity contribution in [1.29, 1.82) is 0 Å². The van der Waals surface area contributed by atoms with Crippen molar-refractivity contribution in [3.8, 4) is 0 Å². The Hall–Kier alpha value is -2.87. The number of nitrogen functional groups attached to an aromatic ring is 1. The minimum atomic E-state index is 0.763. The van der Waals surface area contributed by atoms with Crippen LogP contribution < -0.4 is 5.73 Å². The largest absolute Gasteiger partial charge is 0.399 e. The van der Waals surface area contributed by atoms with Crippen LogP contribution in [0.25, 0.3) is 11.6 Å². The van der Waals surface area contributed by atoms with Gasteiger partial charge in [0.05, 0.1) is 5.69 Å². The summed E-state index contributed by atoms with van der Waals surface area (Å²) in [5, 5.41) is 0. The van der Waals surface area contributed by atoms with E-state index in [-0.39, 0.29) is 0 Å². The molecule has 1 aromatic heterocycles. The lowest BCUT2D eigenvalue weighted by molar-refractivity contribution is 1.28. The topological polar surface area (TPSA) is 38.9 Å². The van der Waals surface area contributed by atoms with Crippen molar-refractivity contribution in [1.82, 2.24) is 4.98 Å². The summed E-state index contributed by atoms with van der Waals surface area (Å²) in [6.07, 6.45) is 3.96. The quantitative estimate of drug-likeness (QED) is 0.571. The molecule has 2 aromatic carbocycles. The molecule has 0 aliphatic heterocycles. The van der Waals surface area contributed by atoms with Crippen molar-refractivity contribution < 1.29 is 0 Å². The van der Waals surface area contributed by atoms with E-state index in [1.165, 1.54) is 0 Å². The van der Waals surface area contributed by atoms with Gasteiger partial charge in [-0.3, -0.25) is 4.98 Å². The Morgan fingerprint density at radius 1 is 0.810 bits per heavy atom. The van der Waals surface area contributed by atoms with Crippen molar-refractivity contribution in [3.05, 3.63) is 95.8 Å². The fourth-order valence-corrected chi connectivity index (χ4v) is 2.21. The molecule has 2 heteroatoms. The van der Waals surface area contributed by atoms with E-state index in [1.54, 1.807) is 0 Å². The molecule has 21 heavy (non-hydrogen) atoms. The summed E-state index contributed by atoms with van der Waals surface area (Å²) < 4.78 is 0. The van der Waals surface area contributed by atoms with Crippen LogP contribution >= 0.6 is 0 Å². The fraction of sp³-hybridized carbons (Fsp3) is 0. The molecule has 0 atom stereocenters. The third kappa shape index (κ3) is 3.18. The zero-order chi connectivity index (χ0) is 14.5. The number of rotatable bonds is 3. The summed E-state index contributed by atoms with van der Waals surface area (Å²) in [4.78, 5) is 4.47. The lowest BCUT2D eigenvalue weighted by atomic mass is 9.99. The molecular weight excluding hydrogens is 256 g/mol. The van der Waals surface area contributed by atoms with E-state index in [4.69, 9.17) is 5.73 Å². The van der Waals surface area contributed by atoms with E-state index >= 15 is 0 Å². The van der Waals surface area contributed by atoms with Gasteiger partial charge in [0.25, 0.3) is 0 Å². The first kappa shape index (κ1) is 13.1. The third-order valence-corrected chi connectivity index (χ3v) is 3.27. The number of hydrogen-bond acceptors (Lipinski definition) is 2. The molecule has 0 radical (unpaired) electrons. The summed E-state index contributed by atoms with van der Waals surface area (Å²) in [7, 11) is 0. The van der Waals surface area contributed by atoms with Gasteiger partial charge in [-0.05, 0) is 41.5 Å². The fourth-order valence-electron chi connectivity index (χ4n) is 2.21. The van der Waals surface area contributed by atoms with Gasteiger partial charge in [0, 0.05) is 17.5 Å². The van der Waals surface area contributed by atoms with Crippen molar-refractivity contribution in [2.75, 3.05) is 5.73 Å². The maximum Gasteiger partial charge on any atom is 0.0708 e. The predicted octanol–water partition coefficient (Wildman–Crippen LogP) is 4.25. The number of hydrogen-bond donors (Lipinski definition) is 1. The number of nitrogens with zero attached hydrogens (tertiary/aromatic N) is 1. The van der Waals surface area contributed by atoms with Crippen LogP contribution in [-0.4, -0.2) is 4.98 Å². The summed E-state index contributed by atoms with van der Waals surface area (Å²) in [6, 6.07) is 24.1. The molecule has 102 valence electrons. The second kappa shape index (κ2) is 6.06. The third-order valence-electron chi connectivity index (χ3n) is 3.27. The van der Waals surface area contributed by atoms with Crippen LogP contribution in [0.1, 0.15) is 16.8 Å². The standard InChI is InChI=1S/C19H16N2/c20-17-11-9-16(10-12-17)18(19-8-4-5-13-21-19)14-15-6-2-1-3-7-15/h1-14H,20H2. The second-order valence-electron chi connectivity index (χ2n) is 4.81. The maximum absolute atomic E-state index is 5.78. The highest BCUT2D eigenvalue weighted by atomic mass is 14.7. The molecule has 0 unspecified atom stereocenters. The van der Waals surface area contributed by atoms with Gasteiger partial charge in [0.2, 0.25) is 0 Å². The van der Waals surface area contributed by atoms with Crippen LogP contribution in [0.5, 0.6) is 0 Å². The summed E-state index contributed by atoms with van der Waals surface area (Å²) in [6.45, 7) is 0. The molecule has 0 saturated carbocycles. The summed E-state index contributed by atoms with van der Waals surface area (Å²) >= 11 is 0. The van der Waals surface area contributed by atoms with Gasteiger partial charge >= 0.3 is 0 Å². The van der Waals surface area contributed by atoms with E-state index in [1.807, 2.05) is 66.9 Å². The highest BCUT2D eigenvalue weighted by Crippen LogP contribution is 2.25. The molecule has 2 N–H and O–H groups in total. The van der Waals surface area contributed by atoms with Gasteiger partial charge in [-0.2, -0.15) is 0 Å². The minimum absolute atomic E-state index is 0.763. The molecule has 0 amide bonds. The first-order chi connectivity index (χ1) is 10.3. The maximum atomic E-state index is 5.78. The molecule has 2 nitrogen and oxygen atoms in total. The molecular formula is C19H16N2. The van der Waals surface area contributed by atoms with Crippen LogP contribution in [0.4, 0.5) is 5.69 Å². The normalized spacial score (nSPS) is 11.3. The first-order valence-corrected chi connectivity index (χ1v) is 6.87. The van der Waals surface area contributed by atoms with Crippen molar-refractivity contribution >= 4 is 17.3 Å². The SMILES string of the molecule is Nc1ccc(C(=Cc2ccccc2)c2ccccn2)cc1. The molecule has 3 aromatic rings. The van der Waals surface area contributed by atoms with E-state index < -0.39 is 0 Å². The first-order valence-electron chi connectivity index (χ1n) is 6.87. The lowest BCUT2D eigenvalue weighted by Gasteiger charge is -2.08. The molecule has 0 fully saturated rings. The smallest absolute Gasteiger partial charge is 0.0708 e. The number of pyridine rings is 1. The summed E-state index contributed by atoms with van der Waals surface area (Å²) in [5.41, 5.74) is 10.8. The Balaban J connectivity index is 2.12. The Morgan fingerprint density at radius 2 is 1.52 bits per heavy atom. The average Bonchev–Trinajstić information content (AvgIpc) is 2.55. The predicted molar refractivity (Wildman–Crippen MR) is 88.5 cm³/mol. The van der Waals surface area contributed by atoms with Gasteiger partial charge < -0.3 is 5.73 Å². The van der Waals surface area contributed by atoms with Crippen LogP contribution in [-0.2, 0) is 0 Å². The number of nitrogens with two attached hydrogens (primary N) is 1. The van der Waals surface area contributed by atoms with Crippen LogP contribution in [0.15, 0.2) is 79.0 Å². The summed E-state index contributed by atoms with van der Waals surface area (Å²) in [5.74, 6) is 0. The monoisotopic (exact) mass is 272 g/mol. The van der Waals surface area contributed by atoms with E-state index in [0.717, 1.165) is 28.1 Å². The molecule has 0 bridgehead atoms. The number of anilines is 1. The van der Waals surface area contributed by atoms with Gasteiger partial charge in [0.1, 0.15) is 0 Å². The molecule has 0 spiro atoms. The minimum Gasteiger partial charge on any atom is -0.399 e. The Morgan fingerprint density at radius 3 is 2.19 bits per heavy atom.